The highest BCUT2D eigenvalue weighted by Crippen LogP contribution is 2.25. The maximum absolute atomic E-state index is 13.6. The van der Waals surface area contributed by atoms with Gasteiger partial charge in [-0.3, -0.25) is 9.59 Å². The van der Waals surface area contributed by atoms with Gasteiger partial charge in [0.15, 0.2) is 0 Å². The van der Waals surface area contributed by atoms with Crippen LogP contribution < -0.4 is 21.7 Å². The van der Waals surface area contributed by atoms with E-state index in [4.69, 9.17) is 10.7 Å². The molecule has 4 rings (SSSR count). The number of halogens is 1. The molecular formula is C30H34FN7O2. The van der Waals surface area contributed by atoms with Crippen molar-refractivity contribution >= 4 is 17.6 Å². The molecule has 5 N–H and O–H groups in total. The summed E-state index contributed by atoms with van der Waals surface area (Å²) in [6.45, 7) is 3.01. The number of carbonyl (C=O) groups is 2. The Balaban J connectivity index is 1.48. The van der Waals surface area contributed by atoms with Crippen LogP contribution in [0.2, 0.25) is 0 Å². The Kier molecular flexibility index (Phi) is 10.2. The van der Waals surface area contributed by atoms with E-state index in [0.29, 0.717) is 86.7 Å². The van der Waals surface area contributed by atoms with E-state index >= 15 is 0 Å². The van der Waals surface area contributed by atoms with E-state index in [9.17, 15) is 19.2 Å². The molecule has 0 bridgehead atoms. The second-order valence-corrected chi connectivity index (χ2v) is 9.65. The molecule has 2 amide bonds. The summed E-state index contributed by atoms with van der Waals surface area (Å²) in [6.07, 6.45) is 1.60. The van der Waals surface area contributed by atoms with Gasteiger partial charge in [0.05, 0.1) is 22.9 Å². The van der Waals surface area contributed by atoms with Crippen LogP contribution in [0, 0.1) is 17.1 Å². The molecule has 1 saturated heterocycles. The highest BCUT2D eigenvalue weighted by molar-refractivity contribution is 5.99. The minimum atomic E-state index is -0.311. The van der Waals surface area contributed by atoms with E-state index in [1.807, 2.05) is 23.1 Å². The Morgan fingerprint density at radius 2 is 2.02 bits per heavy atom. The summed E-state index contributed by atoms with van der Waals surface area (Å²) in [6, 6.07) is 19.0. The summed E-state index contributed by atoms with van der Waals surface area (Å²) in [5.74, 6) is -0.170. The number of nitrogens with two attached hydrogens (primary N) is 1. The van der Waals surface area contributed by atoms with Gasteiger partial charge in [0, 0.05) is 50.7 Å². The molecule has 40 heavy (non-hydrogen) atoms. The summed E-state index contributed by atoms with van der Waals surface area (Å²) in [7, 11) is 0. The first-order valence-electron chi connectivity index (χ1n) is 13.5. The molecule has 2 aromatic carbocycles. The predicted octanol–water partition coefficient (Wildman–Crippen LogP) is 2.68. The minimum absolute atomic E-state index is 0.0745. The zero-order valence-corrected chi connectivity index (χ0v) is 22.3. The molecule has 0 spiro atoms. The normalized spacial score (nSPS) is 14.8. The van der Waals surface area contributed by atoms with Crippen molar-refractivity contribution in [3.63, 3.8) is 0 Å². The molecule has 1 fully saturated rings. The SMILES string of the molecule is N#Cc1ccccc1-c1ccc(C(=O)NC[C@H]2CN(C(=O)CCCN)CCN2)c(NCCc2cccc(F)c2)n1. The molecule has 0 aliphatic carbocycles. The van der Waals surface area contributed by atoms with Crippen molar-refractivity contribution in [2.75, 3.05) is 44.6 Å². The maximum atomic E-state index is 13.6. The van der Waals surface area contributed by atoms with Crippen molar-refractivity contribution in [1.82, 2.24) is 20.5 Å². The van der Waals surface area contributed by atoms with E-state index < -0.39 is 0 Å². The predicted molar refractivity (Wildman–Crippen MR) is 152 cm³/mol. The third kappa shape index (κ3) is 7.62. The Morgan fingerprint density at radius 1 is 1.18 bits per heavy atom. The molecule has 0 unspecified atom stereocenters. The number of nitriles is 1. The molecule has 9 nitrogen and oxygen atoms in total. The third-order valence-electron chi connectivity index (χ3n) is 6.77. The van der Waals surface area contributed by atoms with Crippen molar-refractivity contribution in [1.29, 1.82) is 5.26 Å². The van der Waals surface area contributed by atoms with Crippen LogP contribution >= 0.6 is 0 Å². The number of anilines is 1. The van der Waals surface area contributed by atoms with Crippen molar-refractivity contribution < 1.29 is 14.0 Å². The van der Waals surface area contributed by atoms with E-state index in [1.54, 1.807) is 30.3 Å². The highest BCUT2D eigenvalue weighted by Gasteiger charge is 2.24. The first kappa shape index (κ1) is 28.7. The monoisotopic (exact) mass is 543 g/mol. The number of amides is 2. The Labute approximate surface area is 233 Å². The summed E-state index contributed by atoms with van der Waals surface area (Å²) in [4.78, 5) is 32.2. The summed E-state index contributed by atoms with van der Waals surface area (Å²) >= 11 is 0. The van der Waals surface area contributed by atoms with Gasteiger partial charge < -0.3 is 26.6 Å². The molecule has 10 heteroatoms. The highest BCUT2D eigenvalue weighted by atomic mass is 19.1. The molecule has 1 aliphatic heterocycles. The van der Waals surface area contributed by atoms with Crippen LogP contribution in [0.1, 0.15) is 34.3 Å². The molecule has 1 aromatic heterocycles. The van der Waals surface area contributed by atoms with Gasteiger partial charge in [-0.2, -0.15) is 5.26 Å². The number of nitrogens with zero attached hydrogens (tertiary/aromatic N) is 3. The van der Waals surface area contributed by atoms with E-state index in [0.717, 1.165) is 5.56 Å². The van der Waals surface area contributed by atoms with E-state index in [1.165, 1.54) is 12.1 Å². The number of benzene rings is 2. The zero-order chi connectivity index (χ0) is 28.3. The molecule has 208 valence electrons. The molecule has 2 heterocycles. The number of carbonyl (C=O) groups excluding carboxylic acids is 2. The van der Waals surface area contributed by atoms with Gasteiger partial charge >= 0.3 is 0 Å². The fourth-order valence-electron chi connectivity index (χ4n) is 4.66. The van der Waals surface area contributed by atoms with Gasteiger partial charge in [-0.1, -0.05) is 30.3 Å². The molecule has 1 atom stereocenters. The maximum Gasteiger partial charge on any atom is 0.255 e. The Morgan fingerprint density at radius 3 is 2.83 bits per heavy atom. The van der Waals surface area contributed by atoms with Crippen LogP contribution in [0.3, 0.4) is 0 Å². The lowest BCUT2D eigenvalue weighted by Gasteiger charge is -2.34. The number of pyridine rings is 1. The second kappa shape index (κ2) is 14.2. The molecular weight excluding hydrogens is 509 g/mol. The molecule has 3 aromatic rings. The average molecular weight is 544 g/mol. The number of aromatic nitrogens is 1. The van der Waals surface area contributed by atoms with Crippen LogP contribution in [0.15, 0.2) is 60.7 Å². The number of hydrogen-bond acceptors (Lipinski definition) is 7. The standard InChI is InChI=1S/C30H34FN7O2/c31-23-7-3-5-21(17-23)12-14-35-29-26(10-11-27(37-29)25-8-2-1-6-22(25)18-33)30(40)36-19-24-20-38(16-15-34-24)28(39)9-4-13-32/h1-3,5-8,10-11,17,24,34H,4,9,12-16,19-20,32H2,(H,35,37)(H,36,40)/t24-/m0/s1. The van der Waals surface area contributed by atoms with E-state index in [2.05, 4.69) is 22.0 Å². The summed E-state index contributed by atoms with van der Waals surface area (Å²) in [5.41, 5.74) is 8.40. The third-order valence-corrected chi connectivity index (χ3v) is 6.77. The topological polar surface area (TPSA) is 136 Å². The lowest BCUT2D eigenvalue weighted by Crippen LogP contribution is -2.56. The fraction of sp³-hybridized carbons (Fsp3) is 0.333. The van der Waals surface area contributed by atoms with Gasteiger partial charge in [0.25, 0.3) is 5.91 Å². The van der Waals surface area contributed by atoms with Crippen molar-refractivity contribution in [2.24, 2.45) is 5.73 Å². The second-order valence-electron chi connectivity index (χ2n) is 9.65. The number of nitrogens with one attached hydrogen (secondary N) is 3. The van der Waals surface area contributed by atoms with Crippen LogP contribution in [0.4, 0.5) is 10.2 Å². The largest absolute Gasteiger partial charge is 0.369 e. The fourth-order valence-corrected chi connectivity index (χ4v) is 4.66. The van der Waals surface area contributed by atoms with Crippen molar-refractivity contribution in [2.45, 2.75) is 25.3 Å². The van der Waals surface area contributed by atoms with Crippen molar-refractivity contribution in [3.8, 4) is 17.3 Å². The van der Waals surface area contributed by atoms with Crippen LogP contribution in [-0.2, 0) is 11.2 Å². The lowest BCUT2D eigenvalue weighted by molar-refractivity contribution is -0.132. The van der Waals surface area contributed by atoms with Gasteiger partial charge in [0.2, 0.25) is 5.91 Å². The number of rotatable bonds is 11. The van der Waals surface area contributed by atoms with Gasteiger partial charge in [-0.15, -0.1) is 0 Å². The average Bonchev–Trinajstić information content (AvgIpc) is 2.98. The lowest BCUT2D eigenvalue weighted by atomic mass is 10.0. The number of piperazine rings is 1. The smallest absolute Gasteiger partial charge is 0.255 e. The van der Waals surface area contributed by atoms with Crippen LogP contribution in [0.5, 0.6) is 0 Å². The summed E-state index contributed by atoms with van der Waals surface area (Å²) in [5, 5.41) is 19.1. The first-order chi connectivity index (χ1) is 19.5. The van der Waals surface area contributed by atoms with Gasteiger partial charge in [-0.05, 0) is 55.3 Å². The zero-order valence-electron chi connectivity index (χ0n) is 22.3. The Hall–Kier alpha value is -4.33. The first-order valence-corrected chi connectivity index (χ1v) is 13.5. The van der Waals surface area contributed by atoms with Crippen molar-refractivity contribution in [3.05, 3.63) is 83.2 Å². The quantitative estimate of drug-likeness (QED) is 0.292. The van der Waals surface area contributed by atoms with Gasteiger partial charge in [-0.25, -0.2) is 9.37 Å². The molecule has 0 saturated carbocycles. The number of hydrogen-bond donors (Lipinski definition) is 4. The summed E-state index contributed by atoms with van der Waals surface area (Å²) < 4.78 is 13.6. The molecule has 1 aliphatic rings. The molecule has 0 radical (unpaired) electrons. The minimum Gasteiger partial charge on any atom is -0.369 e. The van der Waals surface area contributed by atoms with Crippen LogP contribution in [-0.4, -0.2) is 67.0 Å². The van der Waals surface area contributed by atoms with Crippen LogP contribution in [0.25, 0.3) is 11.3 Å². The Bertz CT molecular complexity index is 1370. The van der Waals surface area contributed by atoms with Gasteiger partial charge in [0.1, 0.15) is 11.6 Å². The van der Waals surface area contributed by atoms with E-state index in [-0.39, 0.29) is 23.7 Å².